The maximum absolute atomic E-state index is 12.7. The fourth-order valence-corrected chi connectivity index (χ4v) is 0.665. The van der Waals surface area contributed by atoms with E-state index in [1.165, 1.54) is 0 Å². The van der Waals surface area contributed by atoms with Crippen molar-refractivity contribution in [3.8, 4) is 0 Å². The number of alkyl halides is 1. The molecule has 0 bridgehead atoms. The van der Waals surface area contributed by atoms with Crippen molar-refractivity contribution in [2.75, 3.05) is 0 Å². The molecule has 2 unspecified atom stereocenters. The summed E-state index contributed by atoms with van der Waals surface area (Å²) in [4.78, 5) is 0. The number of halogens is 1. The van der Waals surface area contributed by atoms with Gasteiger partial charge in [-0.25, -0.2) is 4.39 Å². The van der Waals surface area contributed by atoms with Crippen LogP contribution in [0.2, 0.25) is 0 Å². The molecule has 9 heavy (non-hydrogen) atoms. The molecule has 0 aliphatic rings. The zero-order valence-corrected chi connectivity index (χ0v) is 6.39. The van der Waals surface area contributed by atoms with Gasteiger partial charge in [-0.2, -0.15) is 0 Å². The third-order valence-corrected chi connectivity index (χ3v) is 1.27. The van der Waals surface area contributed by atoms with E-state index < -0.39 is 6.17 Å². The highest BCUT2D eigenvalue weighted by molar-refractivity contribution is 4.67. The minimum Gasteiger partial charge on any atom is -0.325 e. The van der Waals surface area contributed by atoms with E-state index in [0.29, 0.717) is 12.3 Å². The first-order chi connectivity index (χ1) is 4.04. The molecule has 0 aliphatic carbocycles. The molecule has 0 saturated heterocycles. The van der Waals surface area contributed by atoms with Crippen molar-refractivity contribution in [2.24, 2.45) is 11.7 Å². The van der Waals surface area contributed by atoms with E-state index >= 15 is 0 Å². The van der Waals surface area contributed by atoms with E-state index in [4.69, 9.17) is 5.73 Å². The molecule has 2 atom stereocenters. The summed E-state index contributed by atoms with van der Waals surface area (Å²) in [6.07, 6.45) is -0.248. The van der Waals surface area contributed by atoms with E-state index in [-0.39, 0.29) is 6.04 Å². The Kier molecular flexibility index (Phi) is 3.78. The highest BCUT2D eigenvalue weighted by atomic mass is 19.1. The fourth-order valence-electron chi connectivity index (χ4n) is 0.665. The SMILES string of the molecule is CC(C)CC(F)C(C)N. The molecule has 0 aromatic heterocycles. The Hall–Kier alpha value is -0.110. The van der Waals surface area contributed by atoms with Crippen molar-refractivity contribution in [1.29, 1.82) is 0 Å². The molecule has 0 heterocycles. The van der Waals surface area contributed by atoms with Gasteiger partial charge in [0.2, 0.25) is 0 Å². The van der Waals surface area contributed by atoms with Crippen LogP contribution in [0.3, 0.4) is 0 Å². The molecule has 0 spiro atoms. The first-order valence-corrected chi connectivity index (χ1v) is 3.43. The van der Waals surface area contributed by atoms with Gasteiger partial charge in [0, 0.05) is 6.04 Å². The number of rotatable bonds is 3. The third kappa shape index (κ3) is 4.40. The highest BCUT2D eigenvalue weighted by Gasteiger charge is 2.12. The topological polar surface area (TPSA) is 26.0 Å². The molecule has 2 N–H and O–H groups in total. The molecule has 1 nitrogen and oxygen atoms in total. The summed E-state index contributed by atoms with van der Waals surface area (Å²) < 4.78 is 12.7. The van der Waals surface area contributed by atoms with Crippen molar-refractivity contribution in [3.63, 3.8) is 0 Å². The van der Waals surface area contributed by atoms with Crippen LogP contribution in [-0.4, -0.2) is 12.2 Å². The van der Waals surface area contributed by atoms with Gasteiger partial charge in [-0.1, -0.05) is 13.8 Å². The van der Waals surface area contributed by atoms with Gasteiger partial charge < -0.3 is 5.73 Å². The van der Waals surface area contributed by atoms with E-state index in [1.807, 2.05) is 13.8 Å². The second-order valence-electron chi connectivity index (χ2n) is 3.00. The molecule has 0 radical (unpaired) electrons. The van der Waals surface area contributed by atoms with Gasteiger partial charge in [0.1, 0.15) is 6.17 Å². The normalized spacial score (nSPS) is 18.0. The van der Waals surface area contributed by atoms with Crippen LogP contribution in [0.15, 0.2) is 0 Å². The standard InChI is InChI=1S/C7H16FN/c1-5(2)4-7(8)6(3)9/h5-7H,4,9H2,1-3H3. The van der Waals surface area contributed by atoms with Crippen molar-refractivity contribution < 1.29 is 4.39 Å². The highest BCUT2D eigenvalue weighted by Crippen LogP contribution is 2.09. The number of hydrogen-bond donors (Lipinski definition) is 1. The molecule has 0 aromatic carbocycles. The molecular weight excluding hydrogens is 117 g/mol. The third-order valence-electron chi connectivity index (χ3n) is 1.27. The minimum atomic E-state index is -0.829. The lowest BCUT2D eigenvalue weighted by molar-refractivity contribution is 0.249. The Morgan fingerprint density at radius 1 is 1.33 bits per heavy atom. The van der Waals surface area contributed by atoms with Crippen molar-refractivity contribution in [1.82, 2.24) is 0 Å². The molecular formula is C7H16FN. The van der Waals surface area contributed by atoms with Gasteiger partial charge in [-0.3, -0.25) is 0 Å². The zero-order valence-electron chi connectivity index (χ0n) is 6.39. The summed E-state index contributed by atoms with van der Waals surface area (Å²) in [7, 11) is 0. The van der Waals surface area contributed by atoms with Crippen LogP contribution in [0, 0.1) is 5.92 Å². The zero-order chi connectivity index (χ0) is 7.44. The van der Waals surface area contributed by atoms with Crippen molar-refractivity contribution in [3.05, 3.63) is 0 Å². The van der Waals surface area contributed by atoms with Crippen LogP contribution >= 0.6 is 0 Å². The molecule has 0 rings (SSSR count). The summed E-state index contributed by atoms with van der Waals surface area (Å²) in [5, 5.41) is 0. The molecule has 0 fully saturated rings. The van der Waals surface area contributed by atoms with E-state index in [2.05, 4.69) is 0 Å². The van der Waals surface area contributed by atoms with Crippen LogP contribution in [0.5, 0.6) is 0 Å². The maximum atomic E-state index is 12.7. The minimum absolute atomic E-state index is 0.313. The van der Waals surface area contributed by atoms with Crippen LogP contribution in [0.25, 0.3) is 0 Å². The average molecular weight is 133 g/mol. The fraction of sp³-hybridized carbons (Fsp3) is 1.00. The first-order valence-electron chi connectivity index (χ1n) is 3.43. The average Bonchev–Trinajstić information content (AvgIpc) is 1.63. The summed E-state index contributed by atoms with van der Waals surface area (Å²) in [6, 6.07) is -0.313. The monoisotopic (exact) mass is 133 g/mol. The second-order valence-corrected chi connectivity index (χ2v) is 3.00. The lowest BCUT2D eigenvalue weighted by Gasteiger charge is -2.13. The van der Waals surface area contributed by atoms with Crippen molar-refractivity contribution in [2.45, 2.75) is 39.4 Å². The molecule has 2 heteroatoms. The lowest BCUT2D eigenvalue weighted by Crippen LogP contribution is -2.28. The van der Waals surface area contributed by atoms with Gasteiger partial charge in [0.15, 0.2) is 0 Å². The molecule has 0 saturated carbocycles. The van der Waals surface area contributed by atoms with Crippen molar-refractivity contribution >= 4 is 0 Å². The van der Waals surface area contributed by atoms with Crippen LogP contribution in [0.1, 0.15) is 27.2 Å². The smallest absolute Gasteiger partial charge is 0.115 e. The Bertz CT molecular complexity index is 71.3. The maximum Gasteiger partial charge on any atom is 0.115 e. The van der Waals surface area contributed by atoms with Crippen LogP contribution in [0.4, 0.5) is 4.39 Å². The molecule has 56 valence electrons. The predicted octanol–water partition coefficient (Wildman–Crippen LogP) is 1.72. The Balaban J connectivity index is 3.38. The van der Waals surface area contributed by atoms with Crippen LogP contribution in [-0.2, 0) is 0 Å². The lowest BCUT2D eigenvalue weighted by atomic mass is 10.0. The molecule has 0 aromatic rings. The van der Waals surface area contributed by atoms with E-state index in [0.717, 1.165) is 0 Å². The summed E-state index contributed by atoms with van der Waals surface area (Å²) in [5.41, 5.74) is 5.31. The second kappa shape index (κ2) is 3.83. The van der Waals surface area contributed by atoms with Gasteiger partial charge in [-0.15, -0.1) is 0 Å². The summed E-state index contributed by atoms with van der Waals surface area (Å²) in [6.45, 7) is 5.69. The van der Waals surface area contributed by atoms with E-state index in [9.17, 15) is 4.39 Å². The Morgan fingerprint density at radius 3 is 1.89 bits per heavy atom. The van der Waals surface area contributed by atoms with E-state index in [1.54, 1.807) is 6.92 Å². The quantitative estimate of drug-likeness (QED) is 0.623. The molecule has 0 amide bonds. The van der Waals surface area contributed by atoms with Crippen LogP contribution < -0.4 is 5.73 Å². The first kappa shape index (κ1) is 8.89. The summed E-state index contributed by atoms with van der Waals surface area (Å²) in [5.74, 6) is 0.408. The number of hydrogen-bond acceptors (Lipinski definition) is 1. The summed E-state index contributed by atoms with van der Waals surface area (Å²) >= 11 is 0. The van der Waals surface area contributed by atoms with Gasteiger partial charge in [0.05, 0.1) is 0 Å². The Labute approximate surface area is 56.4 Å². The number of nitrogens with two attached hydrogens (primary N) is 1. The van der Waals surface area contributed by atoms with Gasteiger partial charge in [-0.05, 0) is 19.3 Å². The Morgan fingerprint density at radius 2 is 1.78 bits per heavy atom. The van der Waals surface area contributed by atoms with Gasteiger partial charge in [0.25, 0.3) is 0 Å². The molecule has 0 aliphatic heterocycles. The van der Waals surface area contributed by atoms with Gasteiger partial charge >= 0.3 is 0 Å². The largest absolute Gasteiger partial charge is 0.325 e. The predicted molar refractivity (Wildman–Crippen MR) is 38.0 cm³/mol.